The molecule has 2 saturated carbocycles. The van der Waals surface area contributed by atoms with Crippen molar-refractivity contribution >= 4 is 0 Å². The number of aromatic nitrogens is 2. The fraction of sp³-hybridized carbons (Fsp3) is 0.667. The molecular formula is C12H16N2O4. The zero-order valence-electron chi connectivity index (χ0n) is 10.1. The number of hydrogen-bond donors (Lipinski definition) is 3. The third kappa shape index (κ3) is 1.42. The molecule has 18 heavy (non-hydrogen) atoms. The maximum absolute atomic E-state index is 11.8. The number of aromatic amines is 1. The van der Waals surface area contributed by atoms with E-state index in [0.29, 0.717) is 12.0 Å². The van der Waals surface area contributed by atoms with Gasteiger partial charge in [-0.05, 0) is 25.7 Å². The van der Waals surface area contributed by atoms with Gasteiger partial charge in [0, 0.05) is 23.8 Å². The quantitative estimate of drug-likeness (QED) is 0.639. The highest BCUT2D eigenvalue weighted by atomic mass is 16.3. The lowest BCUT2D eigenvalue weighted by Crippen LogP contribution is -2.37. The number of rotatable bonds is 2. The molecule has 0 unspecified atom stereocenters. The van der Waals surface area contributed by atoms with Crippen LogP contribution in [-0.2, 0) is 0 Å². The number of H-pyrrole nitrogens is 1. The number of nitrogens with zero attached hydrogens (tertiary/aromatic N) is 1. The summed E-state index contributed by atoms with van der Waals surface area (Å²) in [4.78, 5) is 25.4. The summed E-state index contributed by atoms with van der Waals surface area (Å²) in [5.74, 6) is 0.125. The van der Waals surface area contributed by atoms with Crippen LogP contribution >= 0.6 is 0 Å². The molecule has 1 heterocycles. The van der Waals surface area contributed by atoms with Gasteiger partial charge in [0.25, 0.3) is 5.56 Å². The van der Waals surface area contributed by atoms with Gasteiger partial charge in [-0.1, -0.05) is 0 Å². The summed E-state index contributed by atoms with van der Waals surface area (Å²) in [6.07, 6.45) is 2.21. The molecule has 4 atom stereocenters. The number of aryl methyl sites for hydroxylation is 1. The highest BCUT2D eigenvalue weighted by molar-refractivity contribution is 5.16. The Morgan fingerprint density at radius 2 is 2.22 bits per heavy atom. The molecule has 2 fully saturated rings. The van der Waals surface area contributed by atoms with E-state index in [-0.39, 0.29) is 24.0 Å². The second-order valence-electron chi connectivity index (χ2n) is 5.57. The summed E-state index contributed by atoms with van der Waals surface area (Å²) >= 11 is 0. The SMILES string of the molecule is Cc1cn([C@H]2[C@H](O)C[C@]3(CO)C[C@H]23)c(=O)[nH]c1=O. The van der Waals surface area contributed by atoms with Gasteiger partial charge in [-0.2, -0.15) is 0 Å². The summed E-state index contributed by atoms with van der Waals surface area (Å²) in [5.41, 5.74) is -0.653. The summed E-state index contributed by atoms with van der Waals surface area (Å²) < 4.78 is 1.41. The molecule has 0 amide bonds. The van der Waals surface area contributed by atoms with Crippen LogP contribution in [0.1, 0.15) is 24.4 Å². The predicted molar refractivity (Wildman–Crippen MR) is 63.3 cm³/mol. The lowest BCUT2D eigenvalue weighted by Gasteiger charge is -2.20. The molecule has 0 bridgehead atoms. The van der Waals surface area contributed by atoms with E-state index >= 15 is 0 Å². The molecule has 1 aromatic rings. The Morgan fingerprint density at radius 1 is 1.50 bits per heavy atom. The van der Waals surface area contributed by atoms with E-state index in [2.05, 4.69) is 4.98 Å². The van der Waals surface area contributed by atoms with E-state index in [4.69, 9.17) is 0 Å². The molecule has 0 aromatic carbocycles. The molecular weight excluding hydrogens is 236 g/mol. The third-order valence-corrected chi connectivity index (χ3v) is 4.46. The van der Waals surface area contributed by atoms with E-state index in [1.54, 1.807) is 6.92 Å². The Labute approximate surface area is 103 Å². The Bertz CT molecular complexity index is 605. The molecule has 1 aromatic heterocycles. The normalized spacial score (nSPS) is 37.6. The fourth-order valence-electron chi connectivity index (χ4n) is 3.34. The Balaban J connectivity index is 2.04. The molecule has 6 nitrogen and oxygen atoms in total. The molecule has 0 saturated heterocycles. The minimum atomic E-state index is -0.640. The van der Waals surface area contributed by atoms with Crippen LogP contribution in [0, 0.1) is 18.3 Å². The molecule has 3 rings (SSSR count). The minimum Gasteiger partial charge on any atom is -0.396 e. The second-order valence-corrected chi connectivity index (χ2v) is 5.57. The highest BCUT2D eigenvalue weighted by Gasteiger charge is 2.65. The standard InChI is InChI=1S/C12H16N2O4/c1-6-4-14(11(18)13-10(6)17)9-7-2-12(7,5-15)3-8(9)16/h4,7-9,15-16H,2-3,5H2,1H3,(H,13,17,18)/t7-,8-,9-,12+/m1/s1. The zero-order valence-corrected chi connectivity index (χ0v) is 10.1. The van der Waals surface area contributed by atoms with E-state index < -0.39 is 17.4 Å². The van der Waals surface area contributed by atoms with Crippen molar-refractivity contribution in [3.63, 3.8) is 0 Å². The summed E-state index contributed by atoms with van der Waals surface area (Å²) in [5, 5.41) is 19.4. The van der Waals surface area contributed by atoms with Crippen LogP contribution in [-0.4, -0.2) is 32.5 Å². The van der Waals surface area contributed by atoms with Crippen molar-refractivity contribution in [1.82, 2.24) is 9.55 Å². The molecule has 2 aliphatic rings. The molecule has 0 radical (unpaired) electrons. The number of aliphatic hydroxyl groups excluding tert-OH is 2. The Hall–Kier alpha value is -1.40. The molecule has 0 spiro atoms. The van der Waals surface area contributed by atoms with Gasteiger partial charge in [-0.15, -0.1) is 0 Å². The third-order valence-electron chi connectivity index (χ3n) is 4.46. The fourth-order valence-corrected chi connectivity index (χ4v) is 3.34. The smallest absolute Gasteiger partial charge is 0.328 e. The van der Waals surface area contributed by atoms with Gasteiger partial charge in [0.15, 0.2) is 0 Å². The van der Waals surface area contributed by atoms with Crippen molar-refractivity contribution in [2.45, 2.75) is 31.9 Å². The van der Waals surface area contributed by atoms with E-state index in [0.717, 1.165) is 6.42 Å². The van der Waals surface area contributed by atoms with Crippen LogP contribution in [0.5, 0.6) is 0 Å². The summed E-state index contributed by atoms with van der Waals surface area (Å²) in [6, 6.07) is -0.333. The summed E-state index contributed by atoms with van der Waals surface area (Å²) in [7, 11) is 0. The number of nitrogens with one attached hydrogen (secondary N) is 1. The first-order valence-electron chi connectivity index (χ1n) is 6.09. The maximum Gasteiger partial charge on any atom is 0.328 e. The Kier molecular flexibility index (Phi) is 2.30. The monoisotopic (exact) mass is 252 g/mol. The van der Waals surface area contributed by atoms with Gasteiger partial charge in [0.2, 0.25) is 0 Å². The highest BCUT2D eigenvalue weighted by Crippen LogP contribution is 2.66. The summed E-state index contributed by atoms with van der Waals surface area (Å²) in [6.45, 7) is 1.67. The van der Waals surface area contributed by atoms with Crippen LogP contribution in [0.4, 0.5) is 0 Å². The number of aliphatic hydroxyl groups is 2. The van der Waals surface area contributed by atoms with Crippen LogP contribution in [0.2, 0.25) is 0 Å². The Morgan fingerprint density at radius 3 is 2.83 bits per heavy atom. The number of fused-ring (bicyclic) bond motifs is 1. The van der Waals surface area contributed by atoms with E-state index in [1.165, 1.54) is 10.8 Å². The van der Waals surface area contributed by atoms with Crippen LogP contribution in [0.15, 0.2) is 15.8 Å². The molecule has 2 aliphatic carbocycles. The van der Waals surface area contributed by atoms with E-state index in [1.807, 2.05) is 0 Å². The van der Waals surface area contributed by atoms with Crippen LogP contribution < -0.4 is 11.2 Å². The van der Waals surface area contributed by atoms with Gasteiger partial charge in [-0.25, -0.2) is 4.79 Å². The van der Waals surface area contributed by atoms with Gasteiger partial charge in [0.05, 0.1) is 12.1 Å². The molecule has 6 heteroatoms. The molecule has 3 N–H and O–H groups in total. The second kappa shape index (κ2) is 3.55. The van der Waals surface area contributed by atoms with E-state index in [9.17, 15) is 19.8 Å². The van der Waals surface area contributed by atoms with Crippen molar-refractivity contribution in [2.75, 3.05) is 6.61 Å². The predicted octanol–water partition coefficient (Wildman–Crippen LogP) is -0.851. The zero-order chi connectivity index (χ0) is 13.1. The van der Waals surface area contributed by atoms with Crippen molar-refractivity contribution < 1.29 is 10.2 Å². The molecule has 0 aliphatic heterocycles. The molecule has 98 valence electrons. The minimum absolute atomic E-state index is 0.0440. The maximum atomic E-state index is 11.8. The van der Waals surface area contributed by atoms with Crippen LogP contribution in [0.3, 0.4) is 0 Å². The first kappa shape index (κ1) is 11.7. The lowest BCUT2D eigenvalue weighted by molar-refractivity contribution is 0.103. The first-order valence-corrected chi connectivity index (χ1v) is 6.09. The van der Waals surface area contributed by atoms with Crippen molar-refractivity contribution in [3.8, 4) is 0 Å². The average molecular weight is 252 g/mol. The van der Waals surface area contributed by atoms with Crippen LogP contribution in [0.25, 0.3) is 0 Å². The van der Waals surface area contributed by atoms with Crippen molar-refractivity contribution in [3.05, 3.63) is 32.6 Å². The first-order chi connectivity index (χ1) is 8.48. The topological polar surface area (TPSA) is 95.3 Å². The van der Waals surface area contributed by atoms with Crippen molar-refractivity contribution in [2.24, 2.45) is 11.3 Å². The lowest BCUT2D eigenvalue weighted by atomic mass is 10.0. The average Bonchev–Trinajstić information content (AvgIpc) is 2.93. The van der Waals surface area contributed by atoms with Gasteiger partial charge < -0.3 is 10.2 Å². The van der Waals surface area contributed by atoms with Gasteiger partial charge in [-0.3, -0.25) is 14.3 Å². The number of hydrogen-bond acceptors (Lipinski definition) is 4. The van der Waals surface area contributed by atoms with Gasteiger partial charge >= 0.3 is 5.69 Å². The largest absolute Gasteiger partial charge is 0.396 e. The van der Waals surface area contributed by atoms with Crippen molar-refractivity contribution in [1.29, 1.82) is 0 Å². The van der Waals surface area contributed by atoms with Gasteiger partial charge in [0.1, 0.15) is 0 Å².